The van der Waals surface area contributed by atoms with E-state index in [0.717, 1.165) is 16.6 Å². The molecule has 0 atom stereocenters. The maximum absolute atomic E-state index is 5.54. The van der Waals surface area contributed by atoms with Gasteiger partial charge in [-0.2, -0.15) is 5.10 Å². The molecule has 4 heteroatoms. The van der Waals surface area contributed by atoms with E-state index in [1.165, 1.54) is 0 Å². The van der Waals surface area contributed by atoms with E-state index in [9.17, 15) is 0 Å². The highest BCUT2D eigenvalue weighted by Crippen LogP contribution is 2.15. The maximum Gasteiger partial charge on any atom is 0.154 e. The van der Waals surface area contributed by atoms with Gasteiger partial charge in [0.1, 0.15) is 0 Å². The fourth-order valence-electron chi connectivity index (χ4n) is 1.04. The second-order valence-electron chi connectivity index (χ2n) is 2.48. The molecule has 11 heavy (non-hydrogen) atoms. The first-order valence-electron chi connectivity index (χ1n) is 3.33. The fourth-order valence-corrected chi connectivity index (χ4v) is 1.04. The Morgan fingerprint density at radius 3 is 3.18 bits per heavy atom. The van der Waals surface area contributed by atoms with Crippen LogP contribution in [0.4, 0.5) is 5.82 Å². The van der Waals surface area contributed by atoms with Crippen LogP contribution in [0.25, 0.3) is 10.9 Å². The average Bonchev–Trinajstić information content (AvgIpc) is 2.32. The van der Waals surface area contributed by atoms with Gasteiger partial charge in [0.15, 0.2) is 5.82 Å². The zero-order valence-electron chi connectivity index (χ0n) is 6.13. The van der Waals surface area contributed by atoms with Gasteiger partial charge in [-0.25, -0.2) is 0 Å². The molecular formula is C7H8N4. The first kappa shape index (κ1) is 6.15. The number of fused-ring (bicyclic) bond motifs is 1. The molecule has 0 aliphatic carbocycles. The number of aromatic nitrogens is 3. The molecule has 2 rings (SSSR count). The molecule has 0 spiro atoms. The second-order valence-corrected chi connectivity index (χ2v) is 2.48. The van der Waals surface area contributed by atoms with Crippen LogP contribution in [0.15, 0.2) is 12.3 Å². The minimum atomic E-state index is 0.507. The number of hydrogen-bond donors (Lipinski definition) is 2. The van der Waals surface area contributed by atoms with Gasteiger partial charge in [-0.15, -0.1) is 0 Å². The molecule has 0 saturated carbocycles. The molecule has 0 fully saturated rings. The van der Waals surface area contributed by atoms with Crippen LogP contribution >= 0.6 is 0 Å². The van der Waals surface area contributed by atoms with E-state index in [1.807, 2.05) is 13.0 Å². The molecule has 4 nitrogen and oxygen atoms in total. The van der Waals surface area contributed by atoms with Crippen molar-refractivity contribution in [3.8, 4) is 0 Å². The van der Waals surface area contributed by atoms with Crippen LogP contribution in [0, 0.1) is 6.92 Å². The molecule has 0 amide bonds. The average molecular weight is 148 g/mol. The summed E-state index contributed by atoms with van der Waals surface area (Å²) >= 11 is 0. The molecule has 3 N–H and O–H groups in total. The van der Waals surface area contributed by atoms with Gasteiger partial charge in [0.05, 0.1) is 10.9 Å². The summed E-state index contributed by atoms with van der Waals surface area (Å²) in [5.41, 5.74) is 7.44. The smallest absolute Gasteiger partial charge is 0.154 e. The van der Waals surface area contributed by atoms with E-state index in [-0.39, 0.29) is 0 Å². The van der Waals surface area contributed by atoms with Gasteiger partial charge >= 0.3 is 0 Å². The number of aromatic amines is 1. The number of hydrogen-bond acceptors (Lipinski definition) is 3. The van der Waals surface area contributed by atoms with Gasteiger partial charge in [-0.05, 0) is 13.0 Å². The molecule has 0 bridgehead atoms. The third-order valence-corrected chi connectivity index (χ3v) is 1.61. The van der Waals surface area contributed by atoms with Crippen molar-refractivity contribution in [2.75, 3.05) is 5.73 Å². The van der Waals surface area contributed by atoms with Gasteiger partial charge in [0.25, 0.3) is 0 Å². The van der Waals surface area contributed by atoms with Crippen molar-refractivity contribution in [2.24, 2.45) is 0 Å². The Morgan fingerprint density at radius 1 is 1.55 bits per heavy atom. The van der Waals surface area contributed by atoms with Crippen LogP contribution in [0.2, 0.25) is 0 Å². The predicted molar refractivity (Wildman–Crippen MR) is 43.0 cm³/mol. The summed E-state index contributed by atoms with van der Waals surface area (Å²) in [6.45, 7) is 1.93. The summed E-state index contributed by atoms with van der Waals surface area (Å²) in [4.78, 5) is 4.10. The van der Waals surface area contributed by atoms with Crippen molar-refractivity contribution < 1.29 is 0 Å². The quantitative estimate of drug-likeness (QED) is 0.582. The normalized spacial score (nSPS) is 10.6. The summed E-state index contributed by atoms with van der Waals surface area (Å²) in [6.07, 6.45) is 1.73. The zero-order chi connectivity index (χ0) is 7.84. The number of aryl methyl sites for hydroxylation is 1. The van der Waals surface area contributed by atoms with Crippen LogP contribution in [-0.2, 0) is 0 Å². The Morgan fingerprint density at radius 2 is 2.36 bits per heavy atom. The number of nitrogens with one attached hydrogen (secondary N) is 1. The van der Waals surface area contributed by atoms with Gasteiger partial charge < -0.3 is 5.73 Å². The van der Waals surface area contributed by atoms with Crippen molar-refractivity contribution in [1.82, 2.24) is 15.2 Å². The van der Waals surface area contributed by atoms with Crippen molar-refractivity contribution in [1.29, 1.82) is 0 Å². The lowest BCUT2D eigenvalue weighted by atomic mass is 10.3. The van der Waals surface area contributed by atoms with Crippen LogP contribution in [0.3, 0.4) is 0 Å². The van der Waals surface area contributed by atoms with Gasteiger partial charge in [0, 0.05) is 11.9 Å². The zero-order valence-corrected chi connectivity index (χ0v) is 6.13. The van der Waals surface area contributed by atoms with E-state index < -0.39 is 0 Å². The first-order valence-corrected chi connectivity index (χ1v) is 3.33. The van der Waals surface area contributed by atoms with Crippen LogP contribution in [0.1, 0.15) is 5.69 Å². The largest absolute Gasteiger partial charge is 0.382 e. The number of nitrogen functional groups attached to an aromatic ring is 1. The Hall–Kier alpha value is -1.58. The Bertz CT molecular complexity index is 390. The highest BCUT2D eigenvalue weighted by atomic mass is 15.2. The molecule has 0 saturated heterocycles. The Kier molecular flexibility index (Phi) is 1.09. The lowest BCUT2D eigenvalue weighted by Gasteiger charge is -1.90. The Balaban J connectivity index is 2.86. The van der Waals surface area contributed by atoms with Crippen molar-refractivity contribution in [3.63, 3.8) is 0 Å². The topological polar surface area (TPSA) is 67.6 Å². The predicted octanol–water partition coefficient (Wildman–Crippen LogP) is 0.849. The molecule has 56 valence electrons. The van der Waals surface area contributed by atoms with Crippen molar-refractivity contribution >= 4 is 16.7 Å². The molecule has 0 aromatic carbocycles. The van der Waals surface area contributed by atoms with E-state index in [1.54, 1.807) is 6.20 Å². The summed E-state index contributed by atoms with van der Waals surface area (Å²) in [7, 11) is 0. The maximum atomic E-state index is 5.54. The number of nitrogens with zero attached hydrogens (tertiary/aromatic N) is 2. The van der Waals surface area contributed by atoms with Crippen LogP contribution in [0.5, 0.6) is 0 Å². The molecule has 0 aliphatic heterocycles. The van der Waals surface area contributed by atoms with E-state index in [4.69, 9.17) is 5.73 Å². The molecule has 0 unspecified atom stereocenters. The van der Waals surface area contributed by atoms with E-state index >= 15 is 0 Å². The highest BCUT2D eigenvalue weighted by molar-refractivity contribution is 5.87. The van der Waals surface area contributed by atoms with Crippen LogP contribution in [-0.4, -0.2) is 15.2 Å². The molecule has 2 aromatic heterocycles. The fraction of sp³-hybridized carbons (Fsp3) is 0.143. The molecule has 2 heterocycles. The van der Waals surface area contributed by atoms with E-state index in [0.29, 0.717) is 5.82 Å². The lowest BCUT2D eigenvalue weighted by molar-refractivity contribution is 1.12. The van der Waals surface area contributed by atoms with Gasteiger partial charge in [0.2, 0.25) is 0 Å². The number of nitrogens with two attached hydrogens (primary N) is 1. The molecule has 0 radical (unpaired) electrons. The number of rotatable bonds is 0. The SMILES string of the molecule is Cc1cc2[nH]nc(N)c2cn1. The summed E-state index contributed by atoms with van der Waals surface area (Å²) in [5.74, 6) is 0.507. The Labute approximate surface area is 63.4 Å². The lowest BCUT2D eigenvalue weighted by Crippen LogP contribution is -1.84. The van der Waals surface area contributed by atoms with Gasteiger partial charge in [-0.1, -0.05) is 0 Å². The summed E-state index contributed by atoms with van der Waals surface area (Å²) in [6, 6.07) is 1.92. The first-order chi connectivity index (χ1) is 5.27. The summed E-state index contributed by atoms with van der Waals surface area (Å²) in [5, 5.41) is 7.55. The van der Waals surface area contributed by atoms with Crippen molar-refractivity contribution in [2.45, 2.75) is 6.92 Å². The number of anilines is 1. The number of pyridine rings is 1. The highest BCUT2D eigenvalue weighted by Gasteiger charge is 2.00. The minimum Gasteiger partial charge on any atom is -0.382 e. The van der Waals surface area contributed by atoms with Gasteiger partial charge in [-0.3, -0.25) is 10.1 Å². The van der Waals surface area contributed by atoms with E-state index in [2.05, 4.69) is 15.2 Å². The monoisotopic (exact) mass is 148 g/mol. The third kappa shape index (κ3) is 0.832. The number of H-pyrrole nitrogens is 1. The third-order valence-electron chi connectivity index (χ3n) is 1.61. The second kappa shape index (κ2) is 1.95. The van der Waals surface area contributed by atoms with Crippen LogP contribution < -0.4 is 5.73 Å². The molecule has 0 aliphatic rings. The molecular weight excluding hydrogens is 140 g/mol. The molecule has 2 aromatic rings. The van der Waals surface area contributed by atoms with Crippen molar-refractivity contribution in [3.05, 3.63) is 18.0 Å². The standard InChI is InChI=1S/C7H8N4/c1-4-2-6-5(3-9-4)7(8)11-10-6/h2-3H,1H3,(H3,8,10,11). The minimum absolute atomic E-state index is 0.507. The summed E-state index contributed by atoms with van der Waals surface area (Å²) < 4.78 is 0.